The molecule has 0 spiro atoms. The summed E-state index contributed by atoms with van der Waals surface area (Å²) in [7, 11) is 0. The van der Waals surface area contributed by atoms with Crippen LogP contribution in [-0.4, -0.2) is 123 Å². The third-order valence-electron chi connectivity index (χ3n) is 10.3. The molecule has 1 aromatic carbocycles. The van der Waals surface area contributed by atoms with Gasteiger partial charge in [0.2, 0.25) is 18.2 Å². The van der Waals surface area contributed by atoms with Gasteiger partial charge in [0.25, 0.3) is 5.91 Å². The van der Waals surface area contributed by atoms with E-state index in [1.807, 2.05) is 11.8 Å². The van der Waals surface area contributed by atoms with Gasteiger partial charge in [-0.15, -0.1) is 11.3 Å². The first-order chi connectivity index (χ1) is 29.4. The summed E-state index contributed by atoms with van der Waals surface area (Å²) in [5.74, 6) is -1.17. The summed E-state index contributed by atoms with van der Waals surface area (Å²) in [5.41, 5.74) is 6.25. The highest BCUT2D eigenvalue weighted by Gasteiger charge is 2.35. The van der Waals surface area contributed by atoms with Gasteiger partial charge in [0, 0.05) is 50.0 Å². The van der Waals surface area contributed by atoms with Crippen LogP contribution < -0.4 is 21.5 Å². The molecule has 0 radical (unpaired) electrons. The number of carbonyl (C=O) groups is 5. The van der Waals surface area contributed by atoms with E-state index in [0.717, 1.165) is 24.8 Å². The number of amides is 5. The molecule has 0 aliphatic heterocycles. The Bertz CT molecular complexity index is 1650. The van der Waals surface area contributed by atoms with Crippen molar-refractivity contribution in [1.82, 2.24) is 31.4 Å². The van der Waals surface area contributed by atoms with Crippen molar-refractivity contribution in [3.8, 4) is 5.75 Å². The lowest BCUT2D eigenvalue weighted by atomic mass is 9.79. The number of hydrogen-bond donors (Lipinski definition) is 5. The molecule has 17 nitrogen and oxygen atoms in total. The van der Waals surface area contributed by atoms with E-state index in [9.17, 15) is 29.1 Å². The Kier molecular flexibility index (Phi) is 23.6. The molecule has 342 valence electrons. The first kappa shape index (κ1) is 51.0. The summed E-state index contributed by atoms with van der Waals surface area (Å²) in [6.07, 6.45) is 3.53. The minimum atomic E-state index is -0.887. The zero-order chi connectivity index (χ0) is 44.6. The summed E-state index contributed by atoms with van der Waals surface area (Å²) in [5, 5.41) is 18.2. The fourth-order valence-electron chi connectivity index (χ4n) is 6.93. The Labute approximate surface area is 364 Å². The van der Waals surface area contributed by atoms with Gasteiger partial charge in [-0.2, -0.15) is 0 Å². The number of hydrogen-bond acceptors (Lipinski definition) is 13. The van der Waals surface area contributed by atoms with E-state index in [1.165, 1.54) is 23.5 Å². The molecule has 0 bridgehead atoms. The molecule has 61 heavy (non-hydrogen) atoms. The zero-order valence-corrected chi connectivity index (χ0v) is 37.5. The molecule has 3 rings (SSSR count). The quantitative estimate of drug-likeness (QED) is 0.0424. The predicted molar refractivity (Wildman–Crippen MR) is 230 cm³/mol. The minimum Gasteiger partial charge on any atom is -0.508 e. The maximum absolute atomic E-state index is 13.7. The second-order valence-corrected chi connectivity index (χ2v) is 16.4. The Morgan fingerprint density at radius 2 is 1.66 bits per heavy atom. The third-order valence-corrected chi connectivity index (χ3v) is 11.2. The van der Waals surface area contributed by atoms with Crippen molar-refractivity contribution >= 4 is 41.6 Å². The molecule has 1 heterocycles. The first-order valence-corrected chi connectivity index (χ1v) is 22.4. The van der Waals surface area contributed by atoms with Crippen LogP contribution in [-0.2, 0) is 44.5 Å². The maximum atomic E-state index is 13.7. The van der Waals surface area contributed by atoms with Gasteiger partial charge in [0.1, 0.15) is 29.2 Å². The number of thiazole rings is 1. The smallest absolute Gasteiger partial charge is 0.426 e. The maximum Gasteiger partial charge on any atom is 0.426 e. The average Bonchev–Trinajstić information content (AvgIpc) is 3.74. The van der Waals surface area contributed by atoms with Gasteiger partial charge in [-0.25, -0.2) is 15.2 Å². The number of fused-ring (bicyclic) bond motifs is 1. The van der Waals surface area contributed by atoms with E-state index in [2.05, 4.69) is 56.1 Å². The lowest BCUT2D eigenvalue weighted by molar-refractivity contribution is -0.136. The van der Waals surface area contributed by atoms with Crippen LogP contribution >= 0.6 is 11.3 Å². The van der Waals surface area contributed by atoms with Crippen LogP contribution in [0.25, 0.3) is 0 Å². The average molecular weight is 877 g/mol. The second-order valence-electron chi connectivity index (χ2n) is 15.5. The van der Waals surface area contributed by atoms with Gasteiger partial charge in [-0.3, -0.25) is 24.6 Å². The third kappa shape index (κ3) is 17.9. The van der Waals surface area contributed by atoms with Gasteiger partial charge < -0.3 is 44.3 Å². The monoisotopic (exact) mass is 876 g/mol. The van der Waals surface area contributed by atoms with Crippen molar-refractivity contribution in [1.29, 1.82) is 0 Å². The van der Waals surface area contributed by atoms with Crippen molar-refractivity contribution in [3.05, 3.63) is 45.4 Å². The Hall–Kier alpha value is -4.36. The molecule has 1 unspecified atom stereocenters. The SMILES string of the molecule is CCCO[C@H](CC(C(C)C)N(CCC)C(=O)C[C@@H](C)CC)c1nc(C(=O)N[C@H]2Cc3ccc(O)cc3[C@H](C(=O)NNC(=O)OCCOCCOCCOCCNC=O)C2)cs1. The number of benzene rings is 1. The largest absolute Gasteiger partial charge is 0.508 e. The molecule has 0 fully saturated rings. The molecule has 5 N–H and O–H groups in total. The van der Waals surface area contributed by atoms with Gasteiger partial charge in [0.05, 0.1) is 45.6 Å². The molecule has 5 atom stereocenters. The van der Waals surface area contributed by atoms with Crippen LogP contribution in [0, 0.1) is 11.8 Å². The van der Waals surface area contributed by atoms with E-state index in [4.69, 9.17) is 28.7 Å². The number of aromatic nitrogens is 1. The molecule has 5 amide bonds. The standard InChI is InChI=1S/C43H68N6O11S/c1-7-13-49(39(52)22-30(6)9-3)37(29(4)5)26-38(59-14-8-2)42-46-36(27-61-42)41(54)45-32-23-31-10-11-33(51)25-34(31)35(24-32)40(53)47-48-43(55)60-21-20-58-19-18-57-17-16-56-15-12-44-28-50/h10-11,25,27-30,32,35,37-38,51H,7-9,12-24,26H2,1-6H3,(H,44,50)(H,45,54)(H,47,53)(H,48,55)/t30-,32-,35+,37?,38+/m0/s1. The number of phenols is 1. The van der Waals surface area contributed by atoms with Crippen LogP contribution in [0.2, 0.25) is 0 Å². The van der Waals surface area contributed by atoms with Crippen LogP contribution in [0.3, 0.4) is 0 Å². The highest BCUT2D eigenvalue weighted by molar-refractivity contribution is 7.09. The summed E-state index contributed by atoms with van der Waals surface area (Å²) in [6.45, 7) is 15.9. The lowest BCUT2D eigenvalue weighted by Crippen LogP contribution is -2.48. The Balaban J connectivity index is 1.57. The first-order valence-electron chi connectivity index (χ1n) is 21.5. The molecule has 1 aliphatic rings. The number of hydrazine groups is 1. The number of nitrogens with one attached hydrogen (secondary N) is 4. The topological polar surface area (TPSA) is 216 Å². The van der Waals surface area contributed by atoms with Crippen LogP contribution in [0.4, 0.5) is 4.79 Å². The van der Waals surface area contributed by atoms with Crippen molar-refractivity contribution in [2.24, 2.45) is 11.8 Å². The molecular weight excluding hydrogens is 809 g/mol. The summed E-state index contributed by atoms with van der Waals surface area (Å²) in [6, 6.07) is 4.23. The fraction of sp³-hybridized carbons (Fsp3) is 0.674. The number of carbonyl (C=O) groups excluding carboxylic acids is 5. The Morgan fingerprint density at radius 1 is 0.951 bits per heavy atom. The molecule has 1 aliphatic carbocycles. The van der Waals surface area contributed by atoms with E-state index < -0.39 is 36.0 Å². The summed E-state index contributed by atoms with van der Waals surface area (Å²) in [4.78, 5) is 70.1. The second kappa shape index (κ2) is 28.3. The molecule has 18 heteroatoms. The van der Waals surface area contributed by atoms with Gasteiger partial charge in [0.15, 0.2) is 0 Å². The fourth-order valence-corrected chi connectivity index (χ4v) is 7.79. The Morgan fingerprint density at radius 3 is 2.31 bits per heavy atom. The van der Waals surface area contributed by atoms with E-state index >= 15 is 0 Å². The number of aromatic hydroxyl groups is 1. The number of rotatable bonds is 29. The summed E-state index contributed by atoms with van der Waals surface area (Å²) < 4.78 is 27.5. The van der Waals surface area contributed by atoms with Crippen LogP contribution in [0.1, 0.15) is 119 Å². The minimum absolute atomic E-state index is 0.0129. The van der Waals surface area contributed by atoms with Crippen molar-refractivity contribution in [3.63, 3.8) is 0 Å². The highest BCUT2D eigenvalue weighted by atomic mass is 32.1. The lowest BCUT2D eigenvalue weighted by Gasteiger charge is -2.37. The van der Waals surface area contributed by atoms with Gasteiger partial charge >= 0.3 is 6.09 Å². The van der Waals surface area contributed by atoms with Gasteiger partial charge in [-0.05, 0) is 60.8 Å². The van der Waals surface area contributed by atoms with Crippen molar-refractivity contribution in [2.45, 2.75) is 111 Å². The molecular formula is C43H68N6O11S. The zero-order valence-electron chi connectivity index (χ0n) is 36.7. The van der Waals surface area contributed by atoms with Gasteiger partial charge in [-0.1, -0.05) is 54.0 Å². The van der Waals surface area contributed by atoms with E-state index in [-0.39, 0.29) is 55.6 Å². The summed E-state index contributed by atoms with van der Waals surface area (Å²) >= 11 is 1.35. The predicted octanol–water partition coefficient (Wildman–Crippen LogP) is 4.79. The number of ether oxygens (including phenoxy) is 5. The van der Waals surface area contributed by atoms with E-state index in [1.54, 1.807) is 11.4 Å². The molecule has 2 aromatic rings. The normalized spacial score (nSPS) is 16.2. The molecule has 0 saturated heterocycles. The van der Waals surface area contributed by atoms with E-state index in [0.29, 0.717) is 88.3 Å². The number of phenolic OH excluding ortho intramolecular Hbond substituents is 1. The number of nitrogens with zero attached hydrogens (tertiary/aromatic N) is 2. The highest BCUT2D eigenvalue weighted by Crippen LogP contribution is 2.35. The molecule has 0 saturated carbocycles. The van der Waals surface area contributed by atoms with Crippen molar-refractivity contribution in [2.75, 3.05) is 65.9 Å². The van der Waals surface area contributed by atoms with Crippen molar-refractivity contribution < 1.29 is 52.8 Å². The van der Waals surface area contributed by atoms with Crippen LogP contribution in [0.5, 0.6) is 5.75 Å². The van der Waals surface area contributed by atoms with Crippen LogP contribution in [0.15, 0.2) is 23.6 Å². The molecule has 1 aromatic heterocycles.